The van der Waals surface area contributed by atoms with Crippen LogP contribution in [0.25, 0.3) is 55.2 Å². The van der Waals surface area contributed by atoms with Gasteiger partial charge in [0.2, 0.25) is 0 Å². The Morgan fingerprint density at radius 2 is 1.23 bits per heavy atom. The Bertz CT molecular complexity index is 3150. The summed E-state index contributed by atoms with van der Waals surface area (Å²) in [7, 11) is -0.789. The van der Waals surface area contributed by atoms with Crippen molar-refractivity contribution in [1.29, 1.82) is 0 Å². The molecule has 7 aromatic rings. The number of methoxy groups -OCH3 is 1. The van der Waals surface area contributed by atoms with Gasteiger partial charge in [0.15, 0.2) is 0 Å². The van der Waals surface area contributed by atoms with Crippen LogP contribution in [-0.2, 0) is 30.2 Å². The van der Waals surface area contributed by atoms with Gasteiger partial charge in [-0.3, -0.25) is 4.79 Å². The second-order valence-corrected chi connectivity index (χ2v) is 24.1. The van der Waals surface area contributed by atoms with E-state index in [2.05, 4.69) is 16.4 Å². The van der Waals surface area contributed by atoms with Crippen LogP contribution < -0.4 is 0 Å². The maximum atomic E-state index is 14.5. The molecule has 0 aliphatic carbocycles. The number of amides is 1. The van der Waals surface area contributed by atoms with E-state index < -0.39 is 67.1 Å². The summed E-state index contributed by atoms with van der Waals surface area (Å²) in [4.78, 5) is 60.9. The predicted molar refractivity (Wildman–Crippen MR) is 249 cm³/mol. The predicted octanol–water partition coefficient (Wildman–Crippen LogP) is 11.2. The van der Waals surface area contributed by atoms with Gasteiger partial charge in [-0.1, -0.05) is 50.0 Å². The molecule has 0 spiro atoms. The van der Waals surface area contributed by atoms with Crippen molar-refractivity contribution in [3.63, 3.8) is 0 Å². The Morgan fingerprint density at radius 3 is 1.74 bits per heavy atom. The molecule has 1 amide bonds. The number of aromatic amines is 1. The van der Waals surface area contributed by atoms with Crippen molar-refractivity contribution in [2.45, 2.75) is 90.9 Å². The lowest BCUT2D eigenvalue weighted by Gasteiger charge is -2.40. The van der Waals surface area contributed by atoms with E-state index in [-0.39, 0.29) is 6.42 Å². The quantitative estimate of drug-likeness (QED) is 0.0807. The molecule has 334 valence electrons. The molecule has 2 unspecified atom stereocenters. The Hall–Kier alpha value is -6.98. The average Bonchev–Trinajstić information content (AvgIpc) is 3.91. The number of H-pyrrole nitrogens is 1. The van der Waals surface area contributed by atoms with E-state index in [1.54, 1.807) is 71.9 Å². The molecular weight excluding hydrogens is 847 g/mol. The van der Waals surface area contributed by atoms with Gasteiger partial charge in [-0.2, -0.15) is 0 Å². The highest BCUT2D eigenvalue weighted by atomic mass is 28.3. The van der Waals surface area contributed by atoms with E-state index in [4.69, 9.17) is 14.2 Å². The maximum Gasteiger partial charge on any atom is 0.419 e. The normalized spacial score (nSPS) is 15.4. The van der Waals surface area contributed by atoms with Crippen LogP contribution in [-0.4, -0.2) is 75.5 Å². The van der Waals surface area contributed by atoms with E-state index in [9.17, 15) is 28.0 Å². The number of hydrogen-bond donors (Lipinski definition) is 1. The number of fused-ring (bicyclic) bond motifs is 5. The SMILES string of the molecule is COC(=O)C1Cc2c([nH]c3ccc(-c4cc5cc(F)ccc5n4C(=O)OC(C)(C)C)cc23)C(c2ccc(-c3cc4cc(F)ccc4n3C(=O)OC(C)(C)C)cc2)N1C(=O)C#C[Si](C)(C)C. The van der Waals surface area contributed by atoms with Gasteiger partial charge in [0.05, 0.1) is 35.6 Å². The molecule has 11 nitrogen and oxygen atoms in total. The van der Waals surface area contributed by atoms with Gasteiger partial charge in [0.1, 0.15) is 37.0 Å². The van der Waals surface area contributed by atoms with Gasteiger partial charge in [-0.15, -0.1) is 5.54 Å². The largest absolute Gasteiger partial charge is 0.467 e. The molecule has 1 N–H and O–H groups in total. The highest BCUT2D eigenvalue weighted by Gasteiger charge is 2.44. The van der Waals surface area contributed by atoms with Gasteiger partial charge >= 0.3 is 18.2 Å². The zero-order valence-corrected chi connectivity index (χ0v) is 39.0. The summed E-state index contributed by atoms with van der Waals surface area (Å²) in [6.45, 7) is 16.7. The number of carbonyl (C=O) groups excluding carboxylic acids is 4. The van der Waals surface area contributed by atoms with E-state index in [0.29, 0.717) is 61.1 Å². The Morgan fingerprint density at radius 1 is 0.708 bits per heavy atom. The Balaban J connectivity index is 1.31. The van der Waals surface area contributed by atoms with Gasteiger partial charge < -0.3 is 24.1 Å². The molecular formula is C51H50F2N4O7Si. The molecule has 65 heavy (non-hydrogen) atoms. The fourth-order valence-electron chi connectivity index (χ4n) is 8.36. The standard InChI is InChI=1S/C51H50F2N4O7Si/c1-50(2,3)63-48(60)55-39-19-16-34(52)23-32(39)26-41(55)29-11-13-30(14-12-29)46-45-37(28-43(47(59)62-7)57(46)44(58)21-22-65(8,9)10)36-25-31(15-18-38(36)54-45)42-27-33-24-35(53)17-20-40(33)56(42)49(61)64-51(4,5)6/h11-20,23-27,43,46,54H,28H2,1-10H3. The first-order chi connectivity index (χ1) is 30.5. The summed E-state index contributed by atoms with van der Waals surface area (Å²) < 4.78 is 48.8. The summed E-state index contributed by atoms with van der Waals surface area (Å²) in [5.74, 6) is 0.762. The van der Waals surface area contributed by atoms with Crippen molar-refractivity contribution in [2.24, 2.45) is 0 Å². The van der Waals surface area contributed by atoms with E-state index in [1.165, 1.54) is 51.5 Å². The third-order valence-electron chi connectivity index (χ3n) is 11.0. The van der Waals surface area contributed by atoms with Crippen molar-refractivity contribution >= 4 is 64.8 Å². The Kier molecular flexibility index (Phi) is 11.1. The molecule has 0 saturated carbocycles. The number of hydrogen-bond acceptors (Lipinski definition) is 7. The summed E-state index contributed by atoms with van der Waals surface area (Å²) in [5, 5.41) is 1.74. The zero-order valence-electron chi connectivity index (χ0n) is 38.0. The van der Waals surface area contributed by atoms with E-state index >= 15 is 0 Å². The molecule has 14 heteroatoms. The number of nitrogens with one attached hydrogen (secondary N) is 1. The third-order valence-corrected chi connectivity index (χ3v) is 11.8. The monoisotopic (exact) mass is 896 g/mol. The van der Waals surface area contributed by atoms with Crippen LogP contribution in [0.4, 0.5) is 18.4 Å². The number of halogens is 2. The molecule has 0 fully saturated rings. The van der Waals surface area contributed by atoms with Crippen molar-refractivity contribution in [2.75, 3.05) is 7.11 Å². The highest BCUT2D eigenvalue weighted by molar-refractivity contribution is 6.84. The van der Waals surface area contributed by atoms with Gasteiger partial charge in [0, 0.05) is 33.8 Å². The minimum absolute atomic E-state index is 0.0766. The molecule has 0 radical (unpaired) electrons. The van der Waals surface area contributed by atoms with Crippen molar-refractivity contribution in [3.8, 4) is 34.0 Å². The average molecular weight is 897 g/mol. The Labute approximate surface area is 376 Å². The number of esters is 1. The fraction of sp³-hybridized carbons (Fsp3) is 0.294. The topological polar surface area (TPSA) is 125 Å². The molecule has 1 aliphatic rings. The lowest BCUT2D eigenvalue weighted by molar-refractivity contribution is -0.153. The van der Waals surface area contributed by atoms with Crippen LogP contribution in [0.1, 0.15) is 64.4 Å². The minimum atomic E-state index is -2.07. The molecule has 2 atom stereocenters. The lowest BCUT2D eigenvalue weighted by Crippen LogP contribution is -2.51. The number of carbonyl (C=O) groups is 4. The first-order valence-corrected chi connectivity index (χ1v) is 24.8. The molecule has 3 aromatic heterocycles. The number of benzene rings is 4. The minimum Gasteiger partial charge on any atom is -0.467 e. The first-order valence-electron chi connectivity index (χ1n) is 21.3. The number of aromatic nitrogens is 3. The molecule has 1 aliphatic heterocycles. The molecule has 0 bridgehead atoms. The summed E-state index contributed by atoms with van der Waals surface area (Å²) in [5.41, 5.74) is 7.33. The number of nitrogens with zero attached hydrogens (tertiary/aromatic N) is 3. The summed E-state index contributed by atoms with van der Waals surface area (Å²) in [6, 6.07) is 22.7. The first kappa shape index (κ1) is 44.6. The maximum absolute atomic E-state index is 14.5. The fourth-order valence-corrected chi connectivity index (χ4v) is 8.84. The molecule has 0 saturated heterocycles. The van der Waals surface area contributed by atoms with Crippen LogP contribution in [0.3, 0.4) is 0 Å². The smallest absolute Gasteiger partial charge is 0.419 e. The molecule has 4 aromatic carbocycles. The van der Waals surface area contributed by atoms with Gasteiger partial charge in [0.25, 0.3) is 5.91 Å². The second-order valence-electron chi connectivity index (χ2n) is 19.4. The van der Waals surface area contributed by atoms with Crippen molar-refractivity contribution in [3.05, 3.63) is 119 Å². The van der Waals surface area contributed by atoms with Crippen molar-refractivity contribution in [1.82, 2.24) is 19.0 Å². The second kappa shape index (κ2) is 16.2. The third kappa shape index (κ3) is 8.80. The summed E-state index contributed by atoms with van der Waals surface area (Å²) >= 11 is 0. The van der Waals surface area contributed by atoms with E-state index in [0.717, 1.165) is 10.9 Å². The highest BCUT2D eigenvalue weighted by Crippen LogP contribution is 2.43. The van der Waals surface area contributed by atoms with Crippen LogP contribution in [0.15, 0.2) is 91.0 Å². The number of ether oxygens (including phenoxy) is 3. The molecule has 8 rings (SSSR count). The van der Waals surface area contributed by atoms with Crippen LogP contribution in [0, 0.1) is 23.1 Å². The van der Waals surface area contributed by atoms with Crippen molar-refractivity contribution < 1.29 is 42.2 Å². The van der Waals surface area contributed by atoms with Crippen LogP contribution >= 0.6 is 0 Å². The summed E-state index contributed by atoms with van der Waals surface area (Å²) in [6.07, 6.45) is -1.19. The molecule has 4 heterocycles. The van der Waals surface area contributed by atoms with Crippen LogP contribution in [0.2, 0.25) is 19.6 Å². The van der Waals surface area contributed by atoms with Crippen LogP contribution in [0.5, 0.6) is 0 Å². The van der Waals surface area contributed by atoms with Gasteiger partial charge in [-0.25, -0.2) is 32.3 Å². The van der Waals surface area contributed by atoms with E-state index in [1.807, 2.05) is 50.0 Å². The zero-order chi connectivity index (χ0) is 46.9. The van der Waals surface area contributed by atoms with Gasteiger partial charge in [-0.05, 0) is 130 Å². The number of rotatable bonds is 4. The lowest BCUT2D eigenvalue weighted by atomic mass is 9.87.